The third-order valence-corrected chi connectivity index (χ3v) is 3.98. The van der Waals surface area contributed by atoms with E-state index in [9.17, 15) is 4.79 Å². The third-order valence-electron chi connectivity index (χ3n) is 3.08. The second-order valence-corrected chi connectivity index (χ2v) is 5.51. The highest BCUT2D eigenvalue weighted by atomic mass is 32.1. The van der Waals surface area contributed by atoms with Crippen molar-refractivity contribution in [3.05, 3.63) is 65.2 Å². The summed E-state index contributed by atoms with van der Waals surface area (Å²) in [6.45, 7) is 0.582. The molecular formula is C16H15N3OS. The predicted molar refractivity (Wildman–Crippen MR) is 84.5 cm³/mol. The van der Waals surface area contributed by atoms with E-state index >= 15 is 0 Å². The number of benzene rings is 1. The molecule has 0 aliphatic rings. The van der Waals surface area contributed by atoms with Gasteiger partial charge in [0.05, 0.1) is 10.7 Å². The van der Waals surface area contributed by atoms with Gasteiger partial charge in [-0.05, 0) is 12.1 Å². The van der Waals surface area contributed by atoms with Crippen molar-refractivity contribution in [3.63, 3.8) is 0 Å². The van der Waals surface area contributed by atoms with E-state index in [4.69, 9.17) is 0 Å². The van der Waals surface area contributed by atoms with Gasteiger partial charge in [-0.25, -0.2) is 9.78 Å². The molecule has 0 fully saturated rings. The van der Waals surface area contributed by atoms with Crippen molar-refractivity contribution in [2.24, 2.45) is 0 Å². The van der Waals surface area contributed by atoms with Crippen LogP contribution in [0.3, 0.4) is 0 Å². The van der Waals surface area contributed by atoms with Gasteiger partial charge in [0.25, 0.3) is 0 Å². The minimum absolute atomic E-state index is 0.111. The van der Waals surface area contributed by atoms with Gasteiger partial charge in [0.15, 0.2) is 0 Å². The quantitative estimate of drug-likeness (QED) is 0.802. The maximum Gasteiger partial charge on any atom is 0.325 e. The number of nitrogens with one attached hydrogen (secondary N) is 1. The van der Waals surface area contributed by atoms with Crippen molar-refractivity contribution >= 4 is 17.4 Å². The fraction of sp³-hybridized carbons (Fsp3) is 0.125. The molecule has 0 spiro atoms. The molecule has 5 heteroatoms. The monoisotopic (exact) mass is 297 g/mol. The topological polar surface area (TPSA) is 46.9 Å². The van der Waals surface area contributed by atoms with Crippen molar-refractivity contribution < 1.29 is 4.79 Å². The minimum atomic E-state index is -0.111. The van der Waals surface area contributed by atoms with Crippen LogP contribution in [-0.2, 0) is 6.42 Å². The summed E-state index contributed by atoms with van der Waals surface area (Å²) < 4.78 is 1.53. The van der Waals surface area contributed by atoms with Crippen LogP contribution in [-0.4, -0.2) is 22.1 Å². The summed E-state index contributed by atoms with van der Waals surface area (Å²) in [6.07, 6.45) is 4.20. The lowest BCUT2D eigenvalue weighted by Gasteiger charge is -2.03. The first-order valence-corrected chi connectivity index (χ1v) is 7.62. The molecule has 4 nitrogen and oxygen atoms in total. The molecule has 0 bridgehead atoms. The molecule has 1 amide bonds. The van der Waals surface area contributed by atoms with E-state index in [0.29, 0.717) is 6.54 Å². The molecule has 0 aliphatic heterocycles. The molecule has 3 rings (SSSR count). The van der Waals surface area contributed by atoms with Crippen LogP contribution in [0.15, 0.2) is 60.2 Å². The molecule has 0 aliphatic carbocycles. The lowest BCUT2D eigenvalue weighted by molar-refractivity contribution is 0.242. The number of rotatable bonds is 4. The van der Waals surface area contributed by atoms with E-state index in [1.807, 2.05) is 42.5 Å². The molecule has 3 aromatic rings. The first-order valence-electron chi connectivity index (χ1n) is 6.74. The van der Waals surface area contributed by atoms with Gasteiger partial charge in [0, 0.05) is 36.3 Å². The Balaban J connectivity index is 1.55. The Morgan fingerprint density at radius 3 is 2.67 bits per heavy atom. The molecule has 21 heavy (non-hydrogen) atoms. The molecular weight excluding hydrogens is 282 g/mol. The zero-order valence-corrected chi connectivity index (χ0v) is 12.2. The van der Waals surface area contributed by atoms with E-state index in [0.717, 1.165) is 22.7 Å². The van der Waals surface area contributed by atoms with E-state index in [-0.39, 0.29) is 6.03 Å². The van der Waals surface area contributed by atoms with E-state index < -0.39 is 0 Å². The van der Waals surface area contributed by atoms with Crippen molar-refractivity contribution in [1.29, 1.82) is 0 Å². The summed E-state index contributed by atoms with van der Waals surface area (Å²) in [5.41, 5.74) is 2.11. The number of aromatic nitrogens is 2. The Hall–Kier alpha value is -2.40. The highest BCUT2D eigenvalue weighted by Crippen LogP contribution is 2.21. The molecule has 106 valence electrons. The Labute approximate surface area is 127 Å². The Morgan fingerprint density at radius 1 is 1.14 bits per heavy atom. The van der Waals surface area contributed by atoms with Gasteiger partial charge in [-0.3, -0.25) is 4.57 Å². The molecule has 2 heterocycles. The number of thiazole rings is 1. The molecule has 0 saturated carbocycles. The summed E-state index contributed by atoms with van der Waals surface area (Å²) >= 11 is 1.62. The summed E-state index contributed by atoms with van der Waals surface area (Å²) in [7, 11) is 0. The fourth-order valence-corrected chi connectivity index (χ4v) is 2.81. The normalized spacial score (nSPS) is 10.5. The maximum absolute atomic E-state index is 11.8. The number of carbonyl (C=O) groups is 1. The molecule has 0 atom stereocenters. The van der Waals surface area contributed by atoms with Crippen LogP contribution in [0.2, 0.25) is 0 Å². The first kappa shape index (κ1) is 13.6. The summed E-state index contributed by atoms with van der Waals surface area (Å²) in [5.74, 6) is 0. The number of carbonyl (C=O) groups excluding carboxylic acids is 1. The second kappa shape index (κ2) is 6.37. The van der Waals surface area contributed by atoms with E-state index in [1.165, 1.54) is 4.57 Å². The van der Waals surface area contributed by atoms with Gasteiger partial charge in [-0.15, -0.1) is 11.3 Å². The van der Waals surface area contributed by atoms with Crippen LogP contribution in [0.25, 0.3) is 11.3 Å². The average molecular weight is 297 g/mol. The van der Waals surface area contributed by atoms with E-state index in [2.05, 4.69) is 15.7 Å². The number of amides is 1. The fourth-order valence-electron chi connectivity index (χ4n) is 2.00. The number of hydrogen-bond acceptors (Lipinski definition) is 3. The zero-order chi connectivity index (χ0) is 14.5. The van der Waals surface area contributed by atoms with Crippen LogP contribution < -0.4 is 5.32 Å². The first-order chi connectivity index (χ1) is 10.3. The standard InChI is InChI=1S/C16H15N3OS/c20-16(19-10-4-5-11-19)17-9-8-15-18-14(12-21-15)13-6-2-1-3-7-13/h1-7,10-12H,8-9H2,(H,17,20). The Morgan fingerprint density at radius 2 is 1.90 bits per heavy atom. The van der Waals surface area contributed by atoms with Gasteiger partial charge < -0.3 is 5.32 Å². The lowest BCUT2D eigenvalue weighted by Crippen LogP contribution is -2.29. The highest BCUT2D eigenvalue weighted by molar-refractivity contribution is 7.09. The largest absolute Gasteiger partial charge is 0.337 e. The van der Waals surface area contributed by atoms with E-state index in [1.54, 1.807) is 23.7 Å². The van der Waals surface area contributed by atoms with Crippen LogP contribution in [0.1, 0.15) is 5.01 Å². The Kier molecular flexibility index (Phi) is 4.12. The predicted octanol–water partition coefficient (Wildman–Crippen LogP) is 3.41. The van der Waals surface area contributed by atoms with Crippen molar-refractivity contribution in [1.82, 2.24) is 14.9 Å². The van der Waals surface area contributed by atoms with Crippen LogP contribution in [0.4, 0.5) is 4.79 Å². The van der Waals surface area contributed by atoms with Gasteiger partial charge in [-0.1, -0.05) is 30.3 Å². The van der Waals surface area contributed by atoms with Gasteiger partial charge in [0.1, 0.15) is 0 Å². The summed E-state index contributed by atoms with van der Waals surface area (Å²) in [4.78, 5) is 16.4. The number of nitrogens with zero attached hydrogens (tertiary/aromatic N) is 2. The molecule has 0 unspecified atom stereocenters. The van der Waals surface area contributed by atoms with Crippen LogP contribution in [0, 0.1) is 0 Å². The van der Waals surface area contributed by atoms with Gasteiger partial charge in [0.2, 0.25) is 0 Å². The molecule has 0 radical (unpaired) electrons. The SMILES string of the molecule is O=C(NCCc1nc(-c2ccccc2)cs1)n1cccc1. The van der Waals surface area contributed by atoms with Crippen molar-refractivity contribution in [3.8, 4) is 11.3 Å². The average Bonchev–Trinajstić information content (AvgIpc) is 3.20. The molecule has 1 aromatic carbocycles. The maximum atomic E-state index is 11.8. The minimum Gasteiger partial charge on any atom is -0.337 e. The molecule has 0 saturated heterocycles. The Bertz CT molecular complexity index is 704. The zero-order valence-electron chi connectivity index (χ0n) is 11.4. The lowest BCUT2D eigenvalue weighted by atomic mass is 10.2. The number of hydrogen-bond donors (Lipinski definition) is 1. The van der Waals surface area contributed by atoms with Crippen molar-refractivity contribution in [2.75, 3.05) is 6.54 Å². The third kappa shape index (κ3) is 3.38. The highest BCUT2D eigenvalue weighted by Gasteiger charge is 2.05. The smallest absolute Gasteiger partial charge is 0.325 e. The van der Waals surface area contributed by atoms with Gasteiger partial charge >= 0.3 is 6.03 Å². The second-order valence-electron chi connectivity index (χ2n) is 4.56. The van der Waals surface area contributed by atoms with Crippen LogP contribution in [0.5, 0.6) is 0 Å². The van der Waals surface area contributed by atoms with Gasteiger partial charge in [-0.2, -0.15) is 0 Å². The van der Waals surface area contributed by atoms with Crippen molar-refractivity contribution in [2.45, 2.75) is 6.42 Å². The molecule has 1 N–H and O–H groups in total. The van der Waals surface area contributed by atoms with Crippen LogP contribution >= 0.6 is 11.3 Å². The summed E-state index contributed by atoms with van der Waals surface area (Å²) in [5, 5.41) is 5.96. The summed E-state index contributed by atoms with van der Waals surface area (Å²) in [6, 6.07) is 13.6. The molecule has 2 aromatic heterocycles.